The fourth-order valence-corrected chi connectivity index (χ4v) is 1.99. The molecule has 2 heteroatoms. The van der Waals surface area contributed by atoms with Crippen molar-refractivity contribution in [2.75, 3.05) is 26.3 Å². The molecule has 2 heterocycles. The molecule has 0 bridgehead atoms. The molecule has 0 aromatic rings. The van der Waals surface area contributed by atoms with Crippen LogP contribution in [0.25, 0.3) is 0 Å². The molecule has 0 saturated carbocycles. The van der Waals surface area contributed by atoms with Gasteiger partial charge in [-0.3, -0.25) is 4.90 Å². The van der Waals surface area contributed by atoms with Crippen molar-refractivity contribution in [1.29, 1.82) is 0 Å². The summed E-state index contributed by atoms with van der Waals surface area (Å²) in [5.41, 5.74) is 0. The summed E-state index contributed by atoms with van der Waals surface area (Å²) in [5, 5.41) is 0. The van der Waals surface area contributed by atoms with Gasteiger partial charge in [-0.15, -0.1) is 0 Å². The summed E-state index contributed by atoms with van der Waals surface area (Å²) in [6, 6.07) is 0.762. The third-order valence-corrected chi connectivity index (χ3v) is 2.83. The van der Waals surface area contributed by atoms with Crippen LogP contribution in [0.2, 0.25) is 0 Å². The van der Waals surface area contributed by atoms with Crippen LogP contribution in [0.4, 0.5) is 0 Å². The number of rotatable bonds is 1. The Morgan fingerprint density at radius 3 is 2.73 bits per heavy atom. The minimum absolute atomic E-state index is 0.762. The van der Waals surface area contributed by atoms with Gasteiger partial charge in [0.1, 0.15) is 0 Å². The maximum absolute atomic E-state index is 5.18. The first-order chi connectivity index (χ1) is 5.36. The highest BCUT2D eigenvalue weighted by Crippen LogP contribution is 2.20. The number of piperidine rings is 1. The molecule has 0 aromatic carbocycles. The number of ether oxygens (including phenoxy) is 1. The topological polar surface area (TPSA) is 12.5 Å². The van der Waals surface area contributed by atoms with Gasteiger partial charge in [-0.05, 0) is 25.3 Å². The van der Waals surface area contributed by atoms with Crippen molar-refractivity contribution in [2.24, 2.45) is 5.92 Å². The maximum Gasteiger partial charge on any atom is 0.0645 e. The largest absolute Gasteiger partial charge is 0.378 e. The minimum Gasteiger partial charge on any atom is -0.378 e. The van der Waals surface area contributed by atoms with Crippen LogP contribution >= 0.6 is 0 Å². The molecule has 0 radical (unpaired) electrons. The van der Waals surface area contributed by atoms with E-state index in [0.29, 0.717) is 0 Å². The Bertz CT molecular complexity index is 134. The van der Waals surface area contributed by atoms with Gasteiger partial charge in [0.25, 0.3) is 0 Å². The Kier molecular flexibility index (Phi) is 2.14. The van der Waals surface area contributed by atoms with E-state index < -0.39 is 0 Å². The normalized spacial score (nSPS) is 35.2. The highest BCUT2D eigenvalue weighted by atomic mass is 16.5. The first-order valence-electron chi connectivity index (χ1n) is 4.68. The molecule has 0 unspecified atom stereocenters. The molecule has 0 aliphatic carbocycles. The van der Waals surface area contributed by atoms with E-state index in [2.05, 4.69) is 11.8 Å². The molecule has 2 rings (SSSR count). The summed E-state index contributed by atoms with van der Waals surface area (Å²) in [4.78, 5) is 2.59. The Labute approximate surface area is 68.5 Å². The van der Waals surface area contributed by atoms with Crippen molar-refractivity contribution >= 4 is 0 Å². The van der Waals surface area contributed by atoms with E-state index in [4.69, 9.17) is 4.74 Å². The zero-order valence-corrected chi connectivity index (χ0v) is 7.25. The maximum atomic E-state index is 5.18. The van der Waals surface area contributed by atoms with E-state index in [1.54, 1.807) is 0 Å². The van der Waals surface area contributed by atoms with Gasteiger partial charge in [-0.2, -0.15) is 0 Å². The third kappa shape index (κ3) is 1.57. The molecule has 2 saturated heterocycles. The lowest BCUT2D eigenvalue weighted by molar-refractivity contribution is -0.0752. The zero-order chi connectivity index (χ0) is 7.68. The summed E-state index contributed by atoms with van der Waals surface area (Å²) in [6.07, 6.45) is 2.81. The second-order valence-electron chi connectivity index (χ2n) is 3.93. The number of hydrogen-bond acceptors (Lipinski definition) is 2. The van der Waals surface area contributed by atoms with Crippen molar-refractivity contribution < 1.29 is 4.74 Å². The van der Waals surface area contributed by atoms with Gasteiger partial charge in [0, 0.05) is 6.54 Å². The Balaban J connectivity index is 1.82. The summed E-state index contributed by atoms with van der Waals surface area (Å²) < 4.78 is 5.18. The molecule has 2 aliphatic rings. The first kappa shape index (κ1) is 7.56. The van der Waals surface area contributed by atoms with Crippen LogP contribution in [-0.2, 0) is 4.74 Å². The van der Waals surface area contributed by atoms with Crippen molar-refractivity contribution in [2.45, 2.75) is 25.8 Å². The molecule has 1 atom stereocenters. The summed E-state index contributed by atoms with van der Waals surface area (Å²) >= 11 is 0. The molecule has 2 aliphatic heterocycles. The van der Waals surface area contributed by atoms with Crippen LogP contribution < -0.4 is 0 Å². The predicted molar refractivity (Wildman–Crippen MR) is 44.6 cm³/mol. The minimum atomic E-state index is 0.762. The zero-order valence-electron chi connectivity index (χ0n) is 7.25. The molecule has 0 N–H and O–H groups in total. The van der Waals surface area contributed by atoms with Gasteiger partial charge in [-0.1, -0.05) is 6.92 Å². The number of nitrogens with zero attached hydrogens (tertiary/aromatic N) is 1. The molecule has 11 heavy (non-hydrogen) atoms. The fraction of sp³-hybridized carbons (Fsp3) is 1.00. The van der Waals surface area contributed by atoms with Crippen LogP contribution in [0.15, 0.2) is 0 Å². The quantitative estimate of drug-likeness (QED) is 0.562. The lowest BCUT2D eigenvalue weighted by Gasteiger charge is -2.41. The van der Waals surface area contributed by atoms with E-state index in [9.17, 15) is 0 Å². The second-order valence-corrected chi connectivity index (χ2v) is 3.93. The van der Waals surface area contributed by atoms with Gasteiger partial charge in [0.15, 0.2) is 0 Å². The van der Waals surface area contributed by atoms with Crippen LogP contribution in [0.3, 0.4) is 0 Å². The summed E-state index contributed by atoms with van der Waals surface area (Å²) in [5.74, 6) is 0.907. The SMILES string of the molecule is C[C@@H]1CCCN(C2COC2)C1. The summed E-state index contributed by atoms with van der Waals surface area (Å²) in [7, 11) is 0. The van der Waals surface area contributed by atoms with Gasteiger partial charge in [-0.25, -0.2) is 0 Å². The molecule has 2 fully saturated rings. The molecule has 0 spiro atoms. The van der Waals surface area contributed by atoms with Crippen molar-refractivity contribution in [1.82, 2.24) is 4.90 Å². The molecular formula is C9H17NO. The van der Waals surface area contributed by atoms with Crippen LogP contribution in [-0.4, -0.2) is 37.2 Å². The molecule has 2 nitrogen and oxygen atoms in total. The van der Waals surface area contributed by atoms with Crippen LogP contribution in [0.5, 0.6) is 0 Å². The van der Waals surface area contributed by atoms with Crippen molar-refractivity contribution in [3.8, 4) is 0 Å². The lowest BCUT2D eigenvalue weighted by atomic mass is 9.98. The van der Waals surface area contributed by atoms with E-state index in [1.807, 2.05) is 0 Å². The average molecular weight is 155 g/mol. The summed E-state index contributed by atoms with van der Waals surface area (Å²) in [6.45, 7) is 6.91. The van der Waals surface area contributed by atoms with Gasteiger partial charge in [0.05, 0.1) is 19.3 Å². The van der Waals surface area contributed by atoms with Gasteiger partial charge < -0.3 is 4.74 Å². The fourth-order valence-electron chi connectivity index (χ4n) is 1.99. The highest BCUT2D eigenvalue weighted by Gasteiger charge is 2.28. The van der Waals surface area contributed by atoms with Crippen molar-refractivity contribution in [3.63, 3.8) is 0 Å². The molecule has 64 valence electrons. The Morgan fingerprint density at radius 2 is 2.18 bits per heavy atom. The predicted octanol–water partition coefficient (Wildman–Crippen LogP) is 1.12. The molecule has 0 amide bonds. The molecule has 0 aromatic heterocycles. The number of likely N-dealkylation sites (tertiary alicyclic amines) is 1. The van der Waals surface area contributed by atoms with Gasteiger partial charge >= 0.3 is 0 Å². The van der Waals surface area contributed by atoms with E-state index in [1.165, 1.54) is 25.9 Å². The van der Waals surface area contributed by atoms with Crippen LogP contribution in [0.1, 0.15) is 19.8 Å². The van der Waals surface area contributed by atoms with Gasteiger partial charge in [0.2, 0.25) is 0 Å². The monoisotopic (exact) mass is 155 g/mol. The number of hydrogen-bond donors (Lipinski definition) is 0. The third-order valence-electron chi connectivity index (χ3n) is 2.83. The van der Waals surface area contributed by atoms with E-state index in [-0.39, 0.29) is 0 Å². The lowest BCUT2D eigenvalue weighted by Crippen LogP contribution is -2.52. The van der Waals surface area contributed by atoms with E-state index >= 15 is 0 Å². The average Bonchev–Trinajstić information content (AvgIpc) is 1.83. The Hall–Kier alpha value is -0.0800. The standard InChI is InChI=1S/C9H17NO/c1-8-3-2-4-10(5-8)9-6-11-7-9/h8-9H,2-7H2,1H3/t8-/m1/s1. The molecular weight excluding hydrogens is 138 g/mol. The van der Waals surface area contributed by atoms with Crippen molar-refractivity contribution in [3.05, 3.63) is 0 Å². The van der Waals surface area contributed by atoms with E-state index in [0.717, 1.165) is 25.2 Å². The second kappa shape index (κ2) is 3.11. The van der Waals surface area contributed by atoms with Crippen LogP contribution in [0, 0.1) is 5.92 Å². The Morgan fingerprint density at radius 1 is 1.36 bits per heavy atom. The first-order valence-corrected chi connectivity index (χ1v) is 4.68. The smallest absolute Gasteiger partial charge is 0.0645 e. The highest BCUT2D eigenvalue weighted by molar-refractivity contribution is 4.81.